The molecule has 170 valence electrons. The number of aryl methyl sites for hydroxylation is 1. The molecule has 0 aliphatic carbocycles. The van der Waals surface area contributed by atoms with Crippen molar-refractivity contribution >= 4 is 29.0 Å². The van der Waals surface area contributed by atoms with Crippen LogP contribution in [0.15, 0.2) is 23.6 Å². The number of hydrogen-bond acceptors (Lipinski definition) is 6. The van der Waals surface area contributed by atoms with Crippen LogP contribution < -0.4 is 10.6 Å². The van der Waals surface area contributed by atoms with Crippen LogP contribution in [0.25, 0.3) is 0 Å². The van der Waals surface area contributed by atoms with E-state index in [-0.39, 0.29) is 11.9 Å². The lowest BCUT2D eigenvalue weighted by Crippen LogP contribution is -2.36. The summed E-state index contributed by atoms with van der Waals surface area (Å²) in [5.74, 6) is -0.218. The Labute approximate surface area is 188 Å². The van der Waals surface area contributed by atoms with Crippen LogP contribution in [-0.4, -0.2) is 62.3 Å². The molecule has 0 aliphatic rings. The summed E-state index contributed by atoms with van der Waals surface area (Å²) in [6.07, 6.45) is 1.44. The zero-order chi connectivity index (χ0) is 22.6. The van der Waals surface area contributed by atoms with Gasteiger partial charge in [0.05, 0.1) is 6.54 Å². The number of ether oxygens (including phenoxy) is 2. The number of benzene rings is 1. The minimum absolute atomic E-state index is 0.203. The number of thiazole rings is 1. The SMILES string of the molecule is COCCCNC(=O)c1csc(CN(CCCOC)C(=O)Nc2cccc(C)c2C)n1. The largest absolute Gasteiger partial charge is 0.385 e. The Morgan fingerprint density at radius 1 is 1.13 bits per heavy atom. The minimum atomic E-state index is -0.218. The average Bonchev–Trinajstić information content (AvgIpc) is 3.22. The van der Waals surface area contributed by atoms with Gasteiger partial charge >= 0.3 is 6.03 Å². The number of rotatable bonds is 12. The molecule has 31 heavy (non-hydrogen) atoms. The Morgan fingerprint density at radius 3 is 2.61 bits per heavy atom. The Balaban J connectivity index is 2.03. The number of anilines is 1. The normalized spacial score (nSPS) is 10.7. The molecule has 8 nitrogen and oxygen atoms in total. The van der Waals surface area contributed by atoms with Gasteiger partial charge in [0, 0.05) is 51.6 Å². The number of carbonyl (C=O) groups excluding carboxylic acids is 2. The molecule has 1 aromatic heterocycles. The van der Waals surface area contributed by atoms with Crippen molar-refractivity contribution in [2.24, 2.45) is 0 Å². The third kappa shape index (κ3) is 7.93. The van der Waals surface area contributed by atoms with Gasteiger partial charge in [0.2, 0.25) is 0 Å². The predicted octanol–water partition coefficient (Wildman–Crippen LogP) is 3.60. The number of amides is 3. The molecule has 1 aromatic carbocycles. The molecule has 0 spiro atoms. The fraction of sp³-hybridized carbons (Fsp3) is 0.500. The first-order valence-corrected chi connectivity index (χ1v) is 11.2. The highest BCUT2D eigenvalue weighted by molar-refractivity contribution is 7.09. The van der Waals surface area contributed by atoms with Gasteiger partial charge in [-0.1, -0.05) is 12.1 Å². The first kappa shape index (κ1) is 24.8. The van der Waals surface area contributed by atoms with Gasteiger partial charge in [0.1, 0.15) is 10.7 Å². The maximum atomic E-state index is 13.0. The molecule has 0 atom stereocenters. The van der Waals surface area contributed by atoms with Crippen LogP contribution in [0.1, 0.15) is 39.5 Å². The van der Waals surface area contributed by atoms with Gasteiger partial charge in [-0.05, 0) is 43.9 Å². The summed E-state index contributed by atoms with van der Waals surface area (Å²) in [7, 11) is 3.27. The fourth-order valence-electron chi connectivity index (χ4n) is 2.89. The number of methoxy groups -OCH3 is 2. The Bertz CT molecular complexity index is 856. The van der Waals surface area contributed by atoms with Crippen molar-refractivity contribution < 1.29 is 19.1 Å². The van der Waals surface area contributed by atoms with Crippen LogP contribution in [0.3, 0.4) is 0 Å². The van der Waals surface area contributed by atoms with Gasteiger partial charge in [-0.2, -0.15) is 0 Å². The van der Waals surface area contributed by atoms with Crippen molar-refractivity contribution in [2.45, 2.75) is 33.2 Å². The second kappa shape index (κ2) is 13.0. The molecule has 0 saturated heterocycles. The number of aromatic nitrogens is 1. The second-order valence-corrected chi connectivity index (χ2v) is 8.12. The maximum Gasteiger partial charge on any atom is 0.322 e. The molecule has 0 bridgehead atoms. The van der Waals surface area contributed by atoms with E-state index >= 15 is 0 Å². The van der Waals surface area contributed by atoms with Crippen molar-refractivity contribution in [3.8, 4) is 0 Å². The summed E-state index contributed by atoms with van der Waals surface area (Å²) < 4.78 is 10.1. The number of nitrogens with zero attached hydrogens (tertiary/aromatic N) is 2. The molecule has 0 aliphatic heterocycles. The maximum absolute atomic E-state index is 13.0. The predicted molar refractivity (Wildman–Crippen MR) is 123 cm³/mol. The summed E-state index contributed by atoms with van der Waals surface area (Å²) >= 11 is 1.37. The zero-order valence-corrected chi connectivity index (χ0v) is 19.5. The van der Waals surface area contributed by atoms with Gasteiger partial charge in [0.25, 0.3) is 5.91 Å². The number of urea groups is 1. The molecule has 0 saturated carbocycles. The quantitative estimate of drug-likeness (QED) is 0.484. The van der Waals surface area contributed by atoms with Gasteiger partial charge in [0.15, 0.2) is 0 Å². The van der Waals surface area contributed by atoms with Gasteiger partial charge in [-0.3, -0.25) is 4.79 Å². The fourth-order valence-corrected chi connectivity index (χ4v) is 3.68. The molecule has 2 N–H and O–H groups in total. The van der Waals surface area contributed by atoms with E-state index in [4.69, 9.17) is 9.47 Å². The Morgan fingerprint density at radius 2 is 1.87 bits per heavy atom. The van der Waals surface area contributed by atoms with E-state index in [9.17, 15) is 9.59 Å². The summed E-state index contributed by atoms with van der Waals surface area (Å²) in [5.41, 5.74) is 3.31. The van der Waals surface area contributed by atoms with E-state index in [2.05, 4.69) is 15.6 Å². The van der Waals surface area contributed by atoms with E-state index < -0.39 is 0 Å². The van der Waals surface area contributed by atoms with Crippen LogP contribution >= 0.6 is 11.3 Å². The summed E-state index contributed by atoms with van der Waals surface area (Å²) in [5, 5.41) is 8.25. The molecule has 0 radical (unpaired) electrons. The summed E-state index contributed by atoms with van der Waals surface area (Å²) in [4.78, 5) is 31.3. The van der Waals surface area contributed by atoms with Crippen LogP contribution in [-0.2, 0) is 16.0 Å². The third-order valence-corrected chi connectivity index (χ3v) is 5.66. The molecular weight excluding hydrogens is 416 g/mol. The first-order chi connectivity index (χ1) is 15.0. The van der Waals surface area contributed by atoms with E-state index in [1.54, 1.807) is 24.5 Å². The number of nitrogens with one attached hydrogen (secondary N) is 2. The molecule has 2 rings (SSSR count). The highest BCUT2D eigenvalue weighted by Gasteiger charge is 2.18. The van der Waals surface area contributed by atoms with Crippen LogP contribution in [0, 0.1) is 13.8 Å². The summed E-state index contributed by atoms with van der Waals surface area (Å²) in [6.45, 7) is 6.51. The molecule has 3 amide bonds. The molecule has 0 fully saturated rings. The van der Waals surface area contributed by atoms with Crippen LogP contribution in [0.5, 0.6) is 0 Å². The van der Waals surface area contributed by atoms with E-state index in [0.717, 1.165) is 23.2 Å². The molecule has 9 heteroatoms. The summed E-state index contributed by atoms with van der Waals surface area (Å²) in [6, 6.07) is 5.62. The standard InChI is InChI=1S/C22H32N4O4S/c1-16-8-5-9-18(17(16)2)25-22(28)26(11-7-13-30-4)14-20-24-19(15-31-20)21(27)23-10-6-12-29-3/h5,8-9,15H,6-7,10-14H2,1-4H3,(H,23,27)(H,25,28). The molecule has 2 aromatic rings. The minimum Gasteiger partial charge on any atom is -0.385 e. The van der Waals surface area contributed by atoms with Crippen LogP contribution in [0.2, 0.25) is 0 Å². The van der Waals surface area contributed by atoms with Crippen molar-refractivity contribution in [3.05, 3.63) is 45.4 Å². The van der Waals surface area contributed by atoms with Gasteiger partial charge in [-0.25, -0.2) is 9.78 Å². The smallest absolute Gasteiger partial charge is 0.322 e. The van der Waals surface area contributed by atoms with E-state index in [0.29, 0.717) is 50.0 Å². The molecule has 1 heterocycles. The zero-order valence-electron chi connectivity index (χ0n) is 18.7. The number of hydrogen-bond donors (Lipinski definition) is 2. The van der Waals surface area contributed by atoms with Gasteiger partial charge < -0.3 is 25.0 Å². The molecular formula is C22H32N4O4S. The van der Waals surface area contributed by atoms with E-state index in [1.807, 2.05) is 32.0 Å². The topological polar surface area (TPSA) is 92.8 Å². The lowest BCUT2D eigenvalue weighted by atomic mass is 10.1. The van der Waals surface area contributed by atoms with Crippen molar-refractivity contribution in [1.29, 1.82) is 0 Å². The van der Waals surface area contributed by atoms with Crippen molar-refractivity contribution in [1.82, 2.24) is 15.2 Å². The van der Waals surface area contributed by atoms with Crippen molar-refractivity contribution in [2.75, 3.05) is 45.8 Å². The Kier molecular flexibility index (Phi) is 10.4. The van der Waals surface area contributed by atoms with Crippen LogP contribution in [0.4, 0.5) is 10.5 Å². The van der Waals surface area contributed by atoms with Gasteiger partial charge in [-0.15, -0.1) is 11.3 Å². The number of carbonyl (C=O) groups is 2. The van der Waals surface area contributed by atoms with E-state index in [1.165, 1.54) is 11.3 Å². The lowest BCUT2D eigenvalue weighted by molar-refractivity contribution is 0.0944. The first-order valence-electron chi connectivity index (χ1n) is 10.3. The highest BCUT2D eigenvalue weighted by atomic mass is 32.1. The second-order valence-electron chi connectivity index (χ2n) is 7.17. The third-order valence-electron chi connectivity index (χ3n) is 4.83. The molecule has 0 unspecified atom stereocenters. The monoisotopic (exact) mass is 448 g/mol. The Hall–Kier alpha value is -2.49. The average molecular weight is 449 g/mol. The van der Waals surface area contributed by atoms with Crippen molar-refractivity contribution in [3.63, 3.8) is 0 Å². The highest BCUT2D eigenvalue weighted by Crippen LogP contribution is 2.19. The lowest BCUT2D eigenvalue weighted by Gasteiger charge is -2.23.